The summed E-state index contributed by atoms with van der Waals surface area (Å²) >= 11 is 0. The van der Waals surface area contributed by atoms with Crippen molar-refractivity contribution in [2.45, 2.75) is 52.6 Å². The monoisotopic (exact) mass is 621 g/mol. The van der Waals surface area contributed by atoms with Crippen LogP contribution in [0.5, 0.6) is 0 Å². The van der Waals surface area contributed by atoms with Gasteiger partial charge < -0.3 is 28.9 Å². The zero-order valence-corrected chi connectivity index (χ0v) is 26.2. The quantitative estimate of drug-likeness (QED) is 0.0387. The van der Waals surface area contributed by atoms with Gasteiger partial charge in [0.25, 0.3) is 0 Å². The number of nitrogens with zero attached hydrogens (tertiary/aromatic N) is 1. The average Bonchev–Trinajstić information content (AvgIpc) is 3.88. The van der Waals surface area contributed by atoms with Crippen LogP contribution in [0.15, 0.2) is 59.8 Å². The van der Waals surface area contributed by atoms with Gasteiger partial charge in [0.2, 0.25) is 0 Å². The van der Waals surface area contributed by atoms with Crippen molar-refractivity contribution in [2.24, 2.45) is 22.4 Å². The fourth-order valence-corrected chi connectivity index (χ4v) is 5.49. The number of aliphatic hydroxyl groups excluding tert-OH is 1. The Balaban J connectivity index is 1.27. The second-order valence-corrected chi connectivity index (χ2v) is 11.7. The van der Waals surface area contributed by atoms with Gasteiger partial charge in [0.05, 0.1) is 43.3 Å². The van der Waals surface area contributed by atoms with Crippen molar-refractivity contribution in [3.8, 4) is 0 Å². The summed E-state index contributed by atoms with van der Waals surface area (Å²) in [7, 11) is 0. The molecular formula is C35H43NO9. The van der Waals surface area contributed by atoms with Crippen molar-refractivity contribution in [3.63, 3.8) is 0 Å². The molecule has 0 aromatic heterocycles. The molecule has 0 saturated carbocycles. The van der Waals surface area contributed by atoms with Gasteiger partial charge in [-0.05, 0) is 53.8 Å². The molecule has 0 bridgehead atoms. The van der Waals surface area contributed by atoms with Gasteiger partial charge in [-0.3, -0.25) is 14.4 Å². The minimum atomic E-state index is -1.17. The summed E-state index contributed by atoms with van der Waals surface area (Å²) < 4.78 is 21.2. The largest absolute Gasteiger partial charge is 0.465 e. The lowest BCUT2D eigenvalue weighted by molar-refractivity contribution is -0.162. The van der Waals surface area contributed by atoms with E-state index in [1.165, 1.54) is 0 Å². The van der Waals surface area contributed by atoms with Crippen molar-refractivity contribution in [3.05, 3.63) is 60.2 Å². The first kappa shape index (κ1) is 33.9. The molecule has 3 aromatic rings. The van der Waals surface area contributed by atoms with Crippen molar-refractivity contribution in [1.29, 1.82) is 0 Å². The Morgan fingerprint density at radius 1 is 0.978 bits per heavy atom. The number of oxime groups is 1. The molecule has 4 unspecified atom stereocenters. The van der Waals surface area contributed by atoms with E-state index in [-0.39, 0.29) is 52.0 Å². The molecule has 1 saturated heterocycles. The number of esters is 3. The molecule has 10 nitrogen and oxygen atoms in total. The summed E-state index contributed by atoms with van der Waals surface area (Å²) in [6, 6.07) is 18.4. The van der Waals surface area contributed by atoms with E-state index in [2.05, 4.69) is 35.5 Å². The second-order valence-electron chi connectivity index (χ2n) is 11.7. The average molecular weight is 622 g/mol. The lowest BCUT2D eigenvalue weighted by Crippen LogP contribution is -2.38. The predicted molar refractivity (Wildman–Crippen MR) is 170 cm³/mol. The number of benzene rings is 3. The summed E-state index contributed by atoms with van der Waals surface area (Å²) in [5, 5.41) is 17.7. The van der Waals surface area contributed by atoms with Crippen LogP contribution in [0.1, 0.15) is 52.0 Å². The molecule has 0 spiro atoms. The van der Waals surface area contributed by atoms with E-state index in [9.17, 15) is 14.4 Å². The maximum atomic E-state index is 13.1. The van der Waals surface area contributed by atoms with Gasteiger partial charge in [0.15, 0.2) is 0 Å². The molecule has 0 radical (unpaired) electrons. The first-order valence-corrected chi connectivity index (χ1v) is 15.5. The third-order valence-electron chi connectivity index (χ3n) is 8.01. The number of hydrogen-bond acceptors (Lipinski definition) is 10. The Morgan fingerprint density at radius 2 is 1.64 bits per heavy atom. The molecule has 10 heteroatoms. The predicted octanol–water partition coefficient (Wildman–Crippen LogP) is 5.20. The second kappa shape index (κ2) is 16.3. The number of carbonyl (C=O) groups excluding carboxylic acids is 3. The molecule has 242 valence electrons. The highest BCUT2D eigenvalue weighted by molar-refractivity contribution is 6.13. The molecule has 1 heterocycles. The van der Waals surface area contributed by atoms with Gasteiger partial charge in [-0.25, -0.2) is 0 Å². The SMILES string of the molecule is CCC(CC(C)(CC(C)C(=O)OCCCON=Cc1c2ccccc2cc2ccccc12)C(=O)OCCO)C(=O)OCC1CO1. The van der Waals surface area contributed by atoms with E-state index >= 15 is 0 Å². The smallest absolute Gasteiger partial charge is 0.311 e. The molecule has 1 N–H and O–H groups in total. The Hall–Kier alpha value is -4.02. The molecule has 4 atom stereocenters. The van der Waals surface area contributed by atoms with Crippen LogP contribution in [0.25, 0.3) is 21.5 Å². The van der Waals surface area contributed by atoms with Gasteiger partial charge in [-0.15, -0.1) is 0 Å². The first-order valence-electron chi connectivity index (χ1n) is 15.5. The zero-order valence-electron chi connectivity index (χ0n) is 26.2. The number of ether oxygens (including phenoxy) is 4. The minimum Gasteiger partial charge on any atom is -0.465 e. The number of fused-ring (bicyclic) bond motifs is 2. The molecule has 3 aromatic carbocycles. The fraction of sp³-hybridized carbons (Fsp3) is 0.486. The van der Waals surface area contributed by atoms with Crippen LogP contribution in [0.3, 0.4) is 0 Å². The molecular weight excluding hydrogens is 578 g/mol. The molecule has 1 aliphatic rings. The molecule has 45 heavy (non-hydrogen) atoms. The molecule has 0 amide bonds. The Morgan fingerprint density at radius 3 is 2.27 bits per heavy atom. The fourth-order valence-electron chi connectivity index (χ4n) is 5.49. The number of epoxide rings is 1. The third kappa shape index (κ3) is 9.48. The van der Waals surface area contributed by atoms with Gasteiger partial charge in [-0.1, -0.05) is 67.5 Å². The first-order chi connectivity index (χ1) is 21.8. The van der Waals surface area contributed by atoms with E-state index in [1.54, 1.807) is 20.1 Å². The highest BCUT2D eigenvalue weighted by Gasteiger charge is 2.42. The number of rotatable bonds is 18. The van der Waals surface area contributed by atoms with Crippen molar-refractivity contribution in [2.75, 3.05) is 39.6 Å². The Kier molecular flexibility index (Phi) is 12.3. The van der Waals surface area contributed by atoms with Gasteiger partial charge >= 0.3 is 17.9 Å². The van der Waals surface area contributed by atoms with Crippen LogP contribution < -0.4 is 0 Å². The summed E-state index contributed by atoms with van der Waals surface area (Å²) in [6.45, 7) is 5.80. The Labute approximate surface area is 263 Å². The topological polar surface area (TPSA) is 133 Å². The van der Waals surface area contributed by atoms with E-state index in [0.717, 1.165) is 27.1 Å². The zero-order chi connectivity index (χ0) is 32.2. The number of hydrogen-bond donors (Lipinski definition) is 1. The summed E-state index contributed by atoms with van der Waals surface area (Å²) in [4.78, 5) is 44.1. The minimum absolute atomic E-state index is 0.0658. The summed E-state index contributed by atoms with van der Waals surface area (Å²) in [6.07, 6.45) is 2.76. The van der Waals surface area contributed by atoms with E-state index in [0.29, 0.717) is 19.4 Å². The maximum Gasteiger partial charge on any atom is 0.311 e. The van der Waals surface area contributed by atoms with Gasteiger partial charge in [0.1, 0.15) is 25.9 Å². The van der Waals surface area contributed by atoms with Crippen LogP contribution in [-0.4, -0.2) is 75.0 Å². The van der Waals surface area contributed by atoms with Crippen LogP contribution in [0, 0.1) is 17.3 Å². The lowest BCUT2D eigenvalue weighted by Gasteiger charge is -2.32. The van der Waals surface area contributed by atoms with Crippen molar-refractivity contribution < 1.29 is 43.3 Å². The maximum absolute atomic E-state index is 13.1. The van der Waals surface area contributed by atoms with E-state index < -0.39 is 35.2 Å². The summed E-state index contributed by atoms with van der Waals surface area (Å²) in [5.74, 6) is -2.69. The Bertz CT molecular complexity index is 1430. The molecule has 1 aliphatic heterocycles. The molecule has 1 fully saturated rings. The number of aliphatic hydroxyl groups is 1. The van der Waals surface area contributed by atoms with Crippen molar-refractivity contribution in [1.82, 2.24) is 0 Å². The lowest BCUT2D eigenvalue weighted by atomic mass is 9.74. The van der Waals surface area contributed by atoms with Crippen molar-refractivity contribution >= 4 is 45.7 Å². The summed E-state index contributed by atoms with van der Waals surface area (Å²) in [5.41, 5.74) is -0.201. The van der Waals surface area contributed by atoms with Crippen LogP contribution in [0.2, 0.25) is 0 Å². The van der Waals surface area contributed by atoms with Crippen LogP contribution in [-0.2, 0) is 38.2 Å². The highest BCUT2D eigenvalue weighted by atomic mass is 16.6. The van der Waals surface area contributed by atoms with Crippen LogP contribution >= 0.6 is 0 Å². The van der Waals surface area contributed by atoms with E-state index in [4.69, 9.17) is 28.9 Å². The highest BCUT2D eigenvalue weighted by Crippen LogP contribution is 2.37. The van der Waals surface area contributed by atoms with Crippen LogP contribution in [0.4, 0.5) is 0 Å². The molecule has 0 aliphatic carbocycles. The molecule has 4 rings (SSSR count). The van der Waals surface area contributed by atoms with Gasteiger partial charge in [-0.2, -0.15) is 0 Å². The standard InChI is InChI=1S/C35H43NO9/c1-4-25(33(39)44-23-28-22-43-28)20-35(3,34(40)42-17-14-37)19-24(2)32(38)41-15-9-16-45-36-21-31-29-12-7-5-10-26(29)18-27-11-6-8-13-30(27)31/h5-8,10-13,18,21,24-25,28,37H,4,9,14-17,19-20,22-23H2,1-3H3. The van der Waals surface area contributed by atoms with Gasteiger partial charge in [0, 0.05) is 12.0 Å². The normalized spacial score (nSPS) is 17.0. The number of carbonyl (C=O) groups is 3. The van der Waals surface area contributed by atoms with E-state index in [1.807, 2.05) is 31.2 Å². The third-order valence-corrected chi connectivity index (χ3v) is 8.01.